The van der Waals surface area contributed by atoms with E-state index in [1.165, 1.54) is 0 Å². The first-order valence-electron chi connectivity index (χ1n) is 7.57. The lowest BCUT2D eigenvalue weighted by Crippen LogP contribution is -2.13. The number of benzene rings is 1. The van der Waals surface area contributed by atoms with Crippen molar-refractivity contribution in [2.75, 3.05) is 5.32 Å². The Morgan fingerprint density at radius 2 is 2.04 bits per heavy atom. The third kappa shape index (κ3) is 4.19. The molecular formula is C18H21N3O2. The second kappa shape index (κ2) is 6.66. The molecule has 0 atom stereocenters. The highest BCUT2D eigenvalue weighted by atomic mass is 16.4. The van der Waals surface area contributed by atoms with E-state index in [0.717, 1.165) is 11.5 Å². The number of aryl methyl sites for hydroxylation is 2. The van der Waals surface area contributed by atoms with Crippen LogP contribution in [-0.4, -0.2) is 10.9 Å². The van der Waals surface area contributed by atoms with Crippen molar-refractivity contribution in [3.05, 3.63) is 47.2 Å². The molecule has 0 aliphatic rings. The van der Waals surface area contributed by atoms with E-state index in [4.69, 9.17) is 9.68 Å². The van der Waals surface area contributed by atoms with Gasteiger partial charge in [0.25, 0.3) is 0 Å². The van der Waals surface area contributed by atoms with Crippen LogP contribution in [0.25, 0.3) is 0 Å². The normalized spacial score (nSPS) is 11.1. The quantitative estimate of drug-likeness (QED) is 0.933. The third-order valence-corrected chi connectivity index (χ3v) is 3.43. The zero-order chi connectivity index (χ0) is 17.0. The van der Waals surface area contributed by atoms with Crippen LogP contribution in [0.4, 0.5) is 5.69 Å². The lowest BCUT2D eigenvalue weighted by atomic mass is 9.97. The SMILES string of the molecule is Cc1nc(C(C)(C)C)oc1CCC(=O)Nc1ccccc1C#N. The van der Waals surface area contributed by atoms with Gasteiger partial charge in [0, 0.05) is 18.3 Å². The fourth-order valence-electron chi connectivity index (χ4n) is 2.11. The summed E-state index contributed by atoms with van der Waals surface area (Å²) in [7, 11) is 0. The number of para-hydroxylation sites is 1. The second-order valence-corrected chi connectivity index (χ2v) is 6.48. The number of nitrogens with one attached hydrogen (secondary N) is 1. The van der Waals surface area contributed by atoms with Crippen molar-refractivity contribution in [1.29, 1.82) is 5.26 Å². The molecule has 5 heteroatoms. The van der Waals surface area contributed by atoms with Gasteiger partial charge in [0.2, 0.25) is 5.91 Å². The number of nitrogens with zero attached hydrogens (tertiary/aromatic N) is 2. The molecule has 2 rings (SSSR count). The van der Waals surface area contributed by atoms with Crippen LogP contribution in [0.1, 0.15) is 50.1 Å². The number of rotatable bonds is 4. The molecule has 0 unspecified atom stereocenters. The Kier molecular flexibility index (Phi) is 4.85. The van der Waals surface area contributed by atoms with Crippen molar-refractivity contribution in [1.82, 2.24) is 4.98 Å². The molecule has 1 amide bonds. The van der Waals surface area contributed by atoms with E-state index in [0.29, 0.717) is 23.6 Å². The van der Waals surface area contributed by atoms with Crippen molar-refractivity contribution in [2.24, 2.45) is 0 Å². The molecule has 0 radical (unpaired) electrons. The standard InChI is InChI=1S/C18H21N3O2/c1-12-15(23-17(20-12)18(2,3)4)9-10-16(22)21-14-8-6-5-7-13(14)11-19/h5-8H,9-10H2,1-4H3,(H,21,22). The molecule has 1 aromatic heterocycles. The second-order valence-electron chi connectivity index (χ2n) is 6.48. The number of amides is 1. The topological polar surface area (TPSA) is 78.9 Å². The summed E-state index contributed by atoms with van der Waals surface area (Å²) in [6.07, 6.45) is 0.759. The van der Waals surface area contributed by atoms with Gasteiger partial charge in [0.15, 0.2) is 5.89 Å². The predicted octanol–water partition coefficient (Wildman–Crippen LogP) is 3.72. The monoisotopic (exact) mass is 311 g/mol. The minimum absolute atomic E-state index is 0.152. The molecule has 0 saturated heterocycles. The van der Waals surface area contributed by atoms with Gasteiger partial charge < -0.3 is 9.73 Å². The van der Waals surface area contributed by atoms with Crippen molar-refractivity contribution in [2.45, 2.75) is 46.0 Å². The molecule has 1 N–H and O–H groups in total. The van der Waals surface area contributed by atoms with Crippen LogP contribution >= 0.6 is 0 Å². The molecule has 1 aromatic carbocycles. The number of nitriles is 1. The van der Waals surface area contributed by atoms with E-state index in [-0.39, 0.29) is 17.7 Å². The van der Waals surface area contributed by atoms with Crippen molar-refractivity contribution >= 4 is 11.6 Å². The number of hydrogen-bond acceptors (Lipinski definition) is 4. The molecule has 0 spiro atoms. The van der Waals surface area contributed by atoms with Gasteiger partial charge >= 0.3 is 0 Å². The molecule has 0 aliphatic heterocycles. The van der Waals surface area contributed by atoms with E-state index < -0.39 is 0 Å². The number of aromatic nitrogens is 1. The maximum Gasteiger partial charge on any atom is 0.224 e. The first-order valence-corrected chi connectivity index (χ1v) is 7.57. The van der Waals surface area contributed by atoms with Gasteiger partial charge in [0.05, 0.1) is 16.9 Å². The first kappa shape index (κ1) is 16.8. The fourth-order valence-corrected chi connectivity index (χ4v) is 2.11. The zero-order valence-electron chi connectivity index (χ0n) is 13.9. The molecule has 0 saturated carbocycles. The van der Waals surface area contributed by atoms with E-state index in [2.05, 4.69) is 16.4 Å². The molecular weight excluding hydrogens is 290 g/mol. The molecule has 0 bridgehead atoms. The molecule has 120 valence electrons. The van der Waals surface area contributed by atoms with Gasteiger partial charge in [-0.1, -0.05) is 32.9 Å². The van der Waals surface area contributed by atoms with Crippen LogP contribution in [0.3, 0.4) is 0 Å². The first-order chi connectivity index (χ1) is 10.8. The molecule has 5 nitrogen and oxygen atoms in total. The van der Waals surface area contributed by atoms with E-state index in [9.17, 15) is 4.79 Å². The number of carbonyl (C=O) groups is 1. The summed E-state index contributed by atoms with van der Waals surface area (Å²) in [6, 6.07) is 9.00. The molecule has 0 aliphatic carbocycles. The van der Waals surface area contributed by atoms with Crippen molar-refractivity contribution in [3.8, 4) is 6.07 Å². The Hall–Kier alpha value is -2.61. The number of oxazole rings is 1. The lowest BCUT2D eigenvalue weighted by Gasteiger charge is -2.12. The smallest absolute Gasteiger partial charge is 0.224 e. The van der Waals surface area contributed by atoms with E-state index >= 15 is 0 Å². The zero-order valence-corrected chi connectivity index (χ0v) is 13.9. The number of anilines is 1. The Morgan fingerprint density at radius 1 is 1.35 bits per heavy atom. The molecule has 1 heterocycles. The summed E-state index contributed by atoms with van der Waals surface area (Å²) in [5.41, 5.74) is 1.65. The van der Waals surface area contributed by atoms with E-state index in [1.54, 1.807) is 24.3 Å². The summed E-state index contributed by atoms with van der Waals surface area (Å²) >= 11 is 0. The highest BCUT2D eigenvalue weighted by Gasteiger charge is 2.22. The van der Waals surface area contributed by atoms with Gasteiger partial charge in [-0.15, -0.1) is 0 Å². The van der Waals surface area contributed by atoms with Gasteiger partial charge in [-0.3, -0.25) is 4.79 Å². The Balaban J connectivity index is 2.00. The summed E-state index contributed by atoms with van der Waals surface area (Å²) in [5.74, 6) is 1.26. The average Bonchev–Trinajstić information content (AvgIpc) is 2.87. The summed E-state index contributed by atoms with van der Waals surface area (Å²) in [4.78, 5) is 16.5. The number of carbonyl (C=O) groups excluding carboxylic acids is 1. The molecule has 23 heavy (non-hydrogen) atoms. The highest BCUT2D eigenvalue weighted by Crippen LogP contribution is 2.24. The van der Waals surface area contributed by atoms with Crippen LogP contribution in [0, 0.1) is 18.3 Å². The minimum Gasteiger partial charge on any atom is -0.445 e. The lowest BCUT2D eigenvalue weighted by molar-refractivity contribution is -0.116. The predicted molar refractivity (Wildman–Crippen MR) is 88.0 cm³/mol. The average molecular weight is 311 g/mol. The van der Waals surface area contributed by atoms with Gasteiger partial charge in [-0.05, 0) is 19.1 Å². The summed E-state index contributed by atoms with van der Waals surface area (Å²) in [6.45, 7) is 7.99. The molecule has 0 fully saturated rings. The minimum atomic E-state index is -0.156. The van der Waals surface area contributed by atoms with Crippen LogP contribution < -0.4 is 5.32 Å². The van der Waals surface area contributed by atoms with Crippen molar-refractivity contribution in [3.63, 3.8) is 0 Å². The van der Waals surface area contributed by atoms with Crippen LogP contribution in [0.2, 0.25) is 0 Å². The van der Waals surface area contributed by atoms with E-state index in [1.807, 2.05) is 27.7 Å². The number of hydrogen-bond donors (Lipinski definition) is 1. The Morgan fingerprint density at radius 3 is 2.65 bits per heavy atom. The Labute approximate surface area is 136 Å². The van der Waals surface area contributed by atoms with Gasteiger partial charge in [-0.2, -0.15) is 5.26 Å². The van der Waals surface area contributed by atoms with Gasteiger partial charge in [-0.25, -0.2) is 4.98 Å². The molecule has 2 aromatic rings. The third-order valence-electron chi connectivity index (χ3n) is 3.43. The summed E-state index contributed by atoms with van der Waals surface area (Å²) in [5, 5.41) is 11.8. The highest BCUT2D eigenvalue weighted by molar-refractivity contribution is 5.92. The van der Waals surface area contributed by atoms with Crippen LogP contribution in [-0.2, 0) is 16.6 Å². The van der Waals surface area contributed by atoms with Crippen LogP contribution in [0.5, 0.6) is 0 Å². The largest absolute Gasteiger partial charge is 0.445 e. The fraction of sp³-hybridized carbons (Fsp3) is 0.389. The van der Waals surface area contributed by atoms with Crippen molar-refractivity contribution < 1.29 is 9.21 Å². The summed E-state index contributed by atoms with van der Waals surface area (Å²) < 4.78 is 5.78. The van der Waals surface area contributed by atoms with Crippen LogP contribution in [0.15, 0.2) is 28.7 Å². The maximum absolute atomic E-state index is 12.1. The Bertz CT molecular complexity index is 748. The van der Waals surface area contributed by atoms with Gasteiger partial charge in [0.1, 0.15) is 11.8 Å². The maximum atomic E-state index is 12.1.